The zero-order valence-corrected chi connectivity index (χ0v) is 29.2. The van der Waals surface area contributed by atoms with E-state index in [9.17, 15) is 14.4 Å². The lowest BCUT2D eigenvalue weighted by atomic mass is 9.70. The number of methoxy groups -OCH3 is 1. The molecule has 0 N–H and O–H groups in total. The molecule has 0 atom stereocenters. The van der Waals surface area contributed by atoms with Crippen LogP contribution in [0.4, 0.5) is 0 Å². The molecule has 0 heterocycles. The van der Waals surface area contributed by atoms with Crippen LogP contribution >= 0.6 is 0 Å². The maximum atomic E-state index is 13.7. The molecule has 0 saturated heterocycles. The van der Waals surface area contributed by atoms with E-state index in [0.717, 1.165) is 79.2 Å². The summed E-state index contributed by atoms with van der Waals surface area (Å²) in [4.78, 5) is 50.0. The summed E-state index contributed by atoms with van der Waals surface area (Å²) in [7, 11) is 3.06. The molecule has 0 saturated carbocycles. The topological polar surface area (TPSA) is 104 Å². The van der Waals surface area contributed by atoms with E-state index in [1.165, 1.54) is 31.1 Å². The minimum atomic E-state index is -0.536. The average Bonchev–Trinajstić information content (AvgIpc) is 3.68. The van der Waals surface area contributed by atoms with Crippen LogP contribution in [0.15, 0.2) is 58.8 Å². The van der Waals surface area contributed by atoms with Crippen molar-refractivity contribution < 1.29 is 28.8 Å². The second-order valence-electron chi connectivity index (χ2n) is 13.6. The van der Waals surface area contributed by atoms with Crippen molar-refractivity contribution in [3.8, 4) is 16.9 Å². The van der Waals surface area contributed by atoms with Gasteiger partial charge in [0.15, 0.2) is 0 Å². The number of carbonyl (C=O) groups is 3. The van der Waals surface area contributed by atoms with Crippen molar-refractivity contribution in [2.45, 2.75) is 103 Å². The SMILES string of the molecule is CCCCCCC1(CCCCCC)c2cc3c(cc2-c2cc4c(cc21)C/C(=N/OC)C4=O)C(=O)C(=NOC(=O)Cc1ccc(OC)cc1)C3. The van der Waals surface area contributed by atoms with Gasteiger partial charge in [0.25, 0.3) is 0 Å². The molecule has 49 heavy (non-hydrogen) atoms. The van der Waals surface area contributed by atoms with Gasteiger partial charge in [-0.25, -0.2) is 4.79 Å². The number of ketones is 2. The Morgan fingerprint density at radius 1 is 0.694 bits per heavy atom. The van der Waals surface area contributed by atoms with Gasteiger partial charge < -0.3 is 14.4 Å². The minimum Gasteiger partial charge on any atom is -0.497 e. The molecule has 0 radical (unpaired) electrons. The van der Waals surface area contributed by atoms with Crippen LogP contribution in [-0.2, 0) is 39.1 Å². The van der Waals surface area contributed by atoms with Crippen molar-refractivity contribution >= 4 is 29.0 Å². The summed E-state index contributed by atoms with van der Waals surface area (Å²) in [5, 5.41) is 8.12. The third-order valence-electron chi connectivity index (χ3n) is 10.4. The molecule has 3 aliphatic rings. The number of Topliss-reactive ketones (excluding diaryl/α,β-unsaturated/α-hetero) is 2. The number of hydrogen-bond donors (Lipinski definition) is 0. The Labute approximate surface area is 288 Å². The highest BCUT2D eigenvalue weighted by Gasteiger charge is 2.45. The van der Waals surface area contributed by atoms with Gasteiger partial charge in [0.1, 0.15) is 24.3 Å². The van der Waals surface area contributed by atoms with Gasteiger partial charge in [0.05, 0.1) is 13.5 Å². The molecule has 3 aromatic rings. The van der Waals surface area contributed by atoms with E-state index in [1.807, 2.05) is 12.1 Å². The molecule has 0 aromatic heterocycles. The van der Waals surface area contributed by atoms with E-state index >= 15 is 0 Å². The zero-order valence-electron chi connectivity index (χ0n) is 29.2. The van der Waals surface area contributed by atoms with Crippen LogP contribution in [0, 0.1) is 0 Å². The number of fused-ring (bicyclic) bond motifs is 5. The Morgan fingerprint density at radius 3 is 1.71 bits per heavy atom. The molecule has 8 nitrogen and oxygen atoms in total. The predicted octanol–water partition coefficient (Wildman–Crippen LogP) is 8.52. The average molecular weight is 663 g/mol. The fraction of sp³-hybridized carbons (Fsp3) is 0.439. The highest BCUT2D eigenvalue weighted by molar-refractivity contribution is 6.50. The Morgan fingerprint density at radius 2 is 1.22 bits per heavy atom. The van der Waals surface area contributed by atoms with Crippen molar-refractivity contribution in [1.29, 1.82) is 0 Å². The Kier molecular flexibility index (Phi) is 10.4. The van der Waals surface area contributed by atoms with E-state index in [-0.39, 0.29) is 29.1 Å². The van der Waals surface area contributed by atoms with E-state index in [2.05, 4.69) is 36.3 Å². The molecule has 0 fully saturated rings. The van der Waals surface area contributed by atoms with Gasteiger partial charge >= 0.3 is 5.97 Å². The van der Waals surface area contributed by atoms with Crippen LogP contribution in [0.5, 0.6) is 5.75 Å². The first kappa shape index (κ1) is 34.3. The summed E-state index contributed by atoms with van der Waals surface area (Å²) in [5.41, 5.74) is 8.86. The van der Waals surface area contributed by atoms with Crippen molar-refractivity contribution in [1.82, 2.24) is 0 Å². The molecule has 8 heteroatoms. The quantitative estimate of drug-likeness (QED) is 0.0918. The minimum absolute atomic E-state index is 0.0332. The highest BCUT2D eigenvalue weighted by Crippen LogP contribution is 2.56. The standard InChI is InChI=1S/C41H46N2O6/c1-5-7-9-11-17-41(18-12-10-8-6-2)34-20-27-22-36(42-48-4)39(45)30(27)24-32(34)33-25-31-28(21-35(33)41)23-37(40(31)46)43-49-38(44)19-26-13-15-29(47-3)16-14-26/h13-16,20-21,24-25H,5-12,17-19,22-23H2,1-4H3/b42-36-,43-37?. The van der Waals surface area contributed by atoms with E-state index in [0.29, 0.717) is 35.4 Å². The number of oxime groups is 2. The molecular formula is C41H46N2O6. The molecule has 0 unspecified atom stereocenters. The molecule has 6 rings (SSSR count). The van der Waals surface area contributed by atoms with E-state index in [4.69, 9.17) is 14.4 Å². The van der Waals surface area contributed by atoms with E-state index < -0.39 is 5.97 Å². The maximum absolute atomic E-state index is 13.7. The molecular weight excluding hydrogens is 616 g/mol. The number of ether oxygens (including phenoxy) is 1. The zero-order chi connectivity index (χ0) is 34.5. The third kappa shape index (κ3) is 6.70. The monoisotopic (exact) mass is 662 g/mol. The fourth-order valence-electron chi connectivity index (χ4n) is 7.90. The van der Waals surface area contributed by atoms with Crippen LogP contribution in [0.3, 0.4) is 0 Å². The molecule has 3 aliphatic carbocycles. The number of unbranched alkanes of at least 4 members (excludes halogenated alkanes) is 6. The molecule has 0 aliphatic heterocycles. The van der Waals surface area contributed by atoms with Crippen LogP contribution in [0.2, 0.25) is 0 Å². The largest absolute Gasteiger partial charge is 0.497 e. The van der Waals surface area contributed by atoms with Gasteiger partial charge in [0.2, 0.25) is 11.6 Å². The van der Waals surface area contributed by atoms with Gasteiger partial charge in [-0.15, -0.1) is 0 Å². The lowest BCUT2D eigenvalue weighted by Crippen LogP contribution is -2.26. The lowest BCUT2D eigenvalue weighted by molar-refractivity contribution is -0.142. The van der Waals surface area contributed by atoms with Gasteiger partial charge in [-0.3, -0.25) is 9.59 Å². The smallest absolute Gasteiger partial charge is 0.339 e. The number of carbonyl (C=O) groups excluding carboxylic acids is 3. The number of rotatable bonds is 15. The third-order valence-corrected chi connectivity index (χ3v) is 10.4. The summed E-state index contributed by atoms with van der Waals surface area (Å²) in [6, 6.07) is 15.7. The number of hydrogen-bond acceptors (Lipinski definition) is 8. The van der Waals surface area contributed by atoms with Crippen molar-refractivity contribution in [3.63, 3.8) is 0 Å². The number of benzene rings is 3. The summed E-state index contributed by atoms with van der Waals surface area (Å²) in [5.74, 6) is -0.168. The van der Waals surface area contributed by atoms with Crippen molar-refractivity contribution in [2.75, 3.05) is 14.2 Å². The first-order chi connectivity index (χ1) is 23.8. The molecule has 0 bridgehead atoms. The van der Waals surface area contributed by atoms with Crippen molar-refractivity contribution in [3.05, 3.63) is 87.5 Å². The molecule has 256 valence electrons. The van der Waals surface area contributed by atoms with Crippen molar-refractivity contribution in [2.24, 2.45) is 10.3 Å². The predicted molar refractivity (Wildman–Crippen MR) is 191 cm³/mol. The Bertz CT molecular complexity index is 1810. The van der Waals surface area contributed by atoms with Crippen LogP contribution in [0.1, 0.15) is 127 Å². The normalized spacial score (nSPS) is 16.9. The summed E-state index contributed by atoms with van der Waals surface area (Å²) >= 11 is 0. The fourth-order valence-corrected chi connectivity index (χ4v) is 7.90. The Balaban J connectivity index is 1.36. The van der Waals surface area contributed by atoms with Gasteiger partial charge in [-0.1, -0.05) is 99.8 Å². The van der Waals surface area contributed by atoms with Crippen LogP contribution < -0.4 is 4.74 Å². The Hall–Kier alpha value is -4.59. The van der Waals surface area contributed by atoms with E-state index in [1.54, 1.807) is 31.4 Å². The van der Waals surface area contributed by atoms with Gasteiger partial charge in [-0.2, -0.15) is 0 Å². The highest BCUT2D eigenvalue weighted by atomic mass is 16.7. The first-order valence-corrected chi connectivity index (χ1v) is 17.8. The van der Waals surface area contributed by atoms with Gasteiger partial charge in [0, 0.05) is 29.4 Å². The van der Waals surface area contributed by atoms with Gasteiger partial charge in [-0.05, 0) is 76.1 Å². The number of nitrogens with zero attached hydrogens (tertiary/aromatic N) is 2. The maximum Gasteiger partial charge on any atom is 0.339 e. The second kappa shape index (κ2) is 14.9. The first-order valence-electron chi connectivity index (χ1n) is 17.8. The molecule has 0 amide bonds. The molecule has 3 aromatic carbocycles. The molecule has 0 spiro atoms. The summed E-state index contributed by atoms with van der Waals surface area (Å²) in [6.07, 6.45) is 12.0. The lowest BCUT2D eigenvalue weighted by Gasteiger charge is -2.33. The van der Waals surface area contributed by atoms with Crippen LogP contribution in [0.25, 0.3) is 11.1 Å². The van der Waals surface area contributed by atoms with Crippen LogP contribution in [-0.4, -0.2) is 43.2 Å². The second-order valence-corrected chi connectivity index (χ2v) is 13.6. The summed E-state index contributed by atoms with van der Waals surface area (Å²) in [6.45, 7) is 4.46. The summed E-state index contributed by atoms with van der Waals surface area (Å²) < 4.78 is 5.19.